The Labute approximate surface area is 120 Å². The van der Waals surface area contributed by atoms with E-state index in [1.54, 1.807) is 32.5 Å². The van der Waals surface area contributed by atoms with Gasteiger partial charge in [-0.15, -0.1) is 0 Å². The van der Waals surface area contributed by atoms with Gasteiger partial charge < -0.3 is 5.11 Å². The number of sulfonamides is 1. The summed E-state index contributed by atoms with van der Waals surface area (Å²) in [6, 6.07) is 0. The Balaban J connectivity index is 2.35. The average molecular weight is 301 g/mol. The van der Waals surface area contributed by atoms with Crippen molar-refractivity contribution in [3.8, 4) is 0 Å². The lowest BCUT2D eigenvalue weighted by Gasteiger charge is -2.22. The van der Waals surface area contributed by atoms with Crippen LogP contribution in [0.15, 0.2) is 4.90 Å². The molecule has 1 unspecified atom stereocenters. The van der Waals surface area contributed by atoms with Crippen molar-refractivity contribution >= 4 is 10.0 Å². The highest BCUT2D eigenvalue weighted by Gasteiger charge is 2.34. The molecule has 7 heteroatoms. The Morgan fingerprint density at radius 2 is 1.90 bits per heavy atom. The van der Waals surface area contributed by atoms with Crippen LogP contribution in [-0.2, 0) is 17.1 Å². The van der Waals surface area contributed by atoms with Gasteiger partial charge in [-0.05, 0) is 40.0 Å². The number of hydrogen-bond donors (Lipinski definition) is 1. The molecule has 114 valence electrons. The van der Waals surface area contributed by atoms with Gasteiger partial charge in [0.05, 0.1) is 17.0 Å². The monoisotopic (exact) mass is 301 g/mol. The second-order valence-electron chi connectivity index (χ2n) is 5.88. The van der Waals surface area contributed by atoms with E-state index in [-0.39, 0.29) is 0 Å². The molecule has 6 nitrogen and oxygen atoms in total. The molecule has 0 spiro atoms. The Morgan fingerprint density at radius 3 is 2.45 bits per heavy atom. The highest BCUT2D eigenvalue weighted by Crippen LogP contribution is 2.28. The fraction of sp³-hybridized carbons (Fsp3) is 0.769. The van der Waals surface area contributed by atoms with Crippen LogP contribution in [0.4, 0.5) is 0 Å². The maximum atomic E-state index is 12.8. The summed E-state index contributed by atoms with van der Waals surface area (Å²) in [6.07, 6.45) is 1.76. The smallest absolute Gasteiger partial charge is 0.246 e. The number of aryl methyl sites for hydroxylation is 2. The minimum atomic E-state index is -3.54. The maximum absolute atomic E-state index is 12.8. The first-order valence-corrected chi connectivity index (χ1v) is 8.32. The van der Waals surface area contributed by atoms with E-state index < -0.39 is 15.6 Å². The van der Waals surface area contributed by atoms with Crippen molar-refractivity contribution in [2.45, 2.75) is 50.5 Å². The van der Waals surface area contributed by atoms with Gasteiger partial charge in [0.25, 0.3) is 0 Å². The van der Waals surface area contributed by atoms with Crippen LogP contribution in [0.1, 0.15) is 37.6 Å². The fourth-order valence-corrected chi connectivity index (χ4v) is 4.61. The molecule has 1 aliphatic rings. The molecule has 0 aromatic carbocycles. The zero-order valence-electron chi connectivity index (χ0n) is 12.5. The number of hydrogen-bond acceptors (Lipinski definition) is 4. The molecule has 0 amide bonds. The van der Waals surface area contributed by atoms with Gasteiger partial charge in [0, 0.05) is 20.1 Å². The van der Waals surface area contributed by atoms with Crippen molar-refractivity contribution in [3.63, 3.8) is 0 Å². The van der Waals surface area contributed by atoms with E-state index in [4.69, 9.17) is 0 Å². The Kier molecular flexibility index (Phi) is 3.96. The van der Waals surface area contributed by atoms with Crippen molar-refractivity contribution in [1.29, 1.82) is 0 Å². The third-order valence-corrected chi connectivity index (χ3v) is 6.21. The Bertz CT molecular complexity index is 605. The highest BCUT2D eigenvalue weighted by molar-refractivity contribution is 7.89. The van der Waals surface area contributed by atoms with E-state index in [1.165, 1.54) is 4.31 Å². The van der Waals surface area contributed by atoms with Gasteiger partial charge in [0.1, 0.15) is 4.90 Å². The topological polar surface area (TPSA) is 75.4 Å². The summed E-state index contributed by atoms with van der Waals surface area (Å²) in [5.74, 6) is 0. The van der Waals surface area contributed by atoms with Gasteiger partial charge in [0.2, 0.25) is 10.0 Å². The molecule has 0 saturated carbocycles. The first-order chi connectivity index (χ1) is 9.15. The number of rotatable bonds is 2. The quantitative estimate of drug-likeness (QED) is 0.883. The molecule has 0 aliphatic carbocycles. The van der Waals surface area contributed by atoms with E-state index in [0.29, 0.717) is 48.6 Å². The van der Waals surface area contributed by atoms with Crippen molar-refractivity contribution in [1.82, 2.24) is 14.1 Å². The largest absolute Gasteiger partial charge is 0.390 e. The van der Waals surface area contributed by atoms with Gasteiger partial charge in [0.15, 0.2) is 0 Å². The first kappa shape index (κ1) is 15.5. The molecular formula is C13H23N3O3S. The molecular weight excluding hydrogens is 278 g/mol. The normalized spacial score (nSPS) is 25.6. The second-order valence-corrected chi connectivity index (χ2v) is 7.75. The van der Waals surface area contributed by atoms with Crippen LogP contribution in [0.25, 0.3) is 0 Å². The average Bonchev–Trinajstić information content (AvgIpc) is 2.48. The summed E-state index contributed by atoms with van der Waals surface area (Å²) in [5, 5.41) is 14.3. The maximum Gasteiger partial charge on any atom is 0.246 e. The van der Waals surface area contributed by atoms with Gasteiger partial charge in [-0.25, -0.2) is 8.42 Å². The standard InChI is InChI=1S/C13H23N3O3S/c1-10-12(11(2)15(4)14-10)20(18,19)16-8-5-6-13(3,17)7-9-16/h17H,5-9H2,1-4H3. The third kappa shape index (κ3) is 2.75. The molecule has 2 heterocycles. The van der Waals surface area contributed by atoms with Crippen LogP contribution in [-0.4, -0.2) is 46.3 Å². The fourth-order valence-electron chi connectivity index (χ4n) is 2.74. The van der Waals surface area contributed by atoms with E-state index in [0.717, 1.165) is 0 Å². The summed E-state index contributed by atoms with van der Waals surface area (Å²) in [4.78, 5) is 0.307. The van der Waals surface area contributed by atoms with Crippen LogP contribution >= 0.6 is 0 Å². The number of nitrogens with zero attached hydrogens (tertiary/aromatic N) is 3. The van der Waals surface area contributed by atoms with Crippen LogP contribution in [0.3, 0.4) is 0 Å². The zero-order valence-corrected chi connectivity index (χ0v) is 13.4. The van der Waals surface area contributed by atoms with Gasteiger partial charge in [-0.1, -0.05) is 0 Å². The molecule has 1 aromatic rings. The summed E-state index contributed by atoms with van der Waals surface area (Å²) < 4.78 is 28.7. The Hall–Kier alpha value is -0.920. The zero-order chi connectivity index (χ0) is 15.1. The molecule has 1 N–H and O–H groups in total. The molecule has 1 saturated heterocycles. The van der Waals surface area contributed by atoms with Crippen molar-refractivity contribution in [3.05, 3.63) is 11.4 Å². The number of aliphatic hydroxyl groups is 1. The molecule has 1 aromatic heterocycles. The third-order valence-electron chi connectivity index (χ3n) is 4.06. The van der Waals surface area contributed by atoms with Crippen molar-refractivity contribution in [2.24, 2.45) is 7.05 Å². The lowest BCUT2D eigenvalue weighted by atomic mass is 9.98. The summed E-state index contributed by atoms with van der Waals surface area (Å²) in [5.41, 5.74) is 0.406. The van der Waals surface area contributed by atoms with Gasteiger partial charge in [-0.2, -0.15) is 9.40 Å². The Morgan fingerprint density at radius 1 is 1.25 bits per heavy atom. The molecule has 2 rings (SSSR count). The molecule has 1 aliphatic heterocycles. The summed E-state index contributed by atoms with van der Waals surface area (Å²) in [6.45, 7) is 6.05. The first-order valence-electron chi connectivity index (χ1n) is 6.88. The molecule has 20 heavy (non-hydrogen) atoms. The molecule has 0 radical (unpaired) electrons. The summed E-state index contributed by atoms with van der Waals surface area (Å²) >= 11 is 0. The van der Waals surface area contributed by atoms with Crippen LogP contribution in [0.2, 0.25) is 0 Å². The molecule has 1 atom stereocenters. The predicted octanol–water partition coefficient (Wildman–Crippen LogP) is 0.963. The van der Waals surface area contributed by atoms with Crippen molar-refractivity contribution in [2.75, 3.05) is 13.1 Å². The van der Waals surface area contributed by atoms with E-state index in [9.17, 15) is 13.5 Å². The SMILES string of the molecule is Cc1nn(C)c(C)c1S(=O)(=O)N1CCCC(C)(O)CC1. The highest BCUT2D eigenvalue weighted by atomic mass is 32.2. The predicted molar refractivity (Wildman–Crippen MR) is 75.9 cm³/mol. The van der Waals surface area contributed by atoms with E-state index in [2.05, 4.69) is 5.10 Å². The minimum Gasteiger partial charge on any atom is -0.390 e. The van der Waals surface area contributed by atoms with Crippen LogP contribution in [0, 0.1) is 13.8 Å². The van der Waals surface area contributed by atoms with Gasteiger partial charge in [-0.3, -0.25) is 4.68 Å². The second kappa shape index (κ2) is 5.13. The number of aromatic nitrogens is 2. The van der Waals surface area contributed by atoms with Crippen molar-refractivity contribution < 1.29 is 13.5 Å². The van der Waals surface area contributed by atoms with E-state index >= 15 is 0 Å². The van der Waals surface area contributed by atoms with Crippen LogP contribution in [0.5, 0.6) is 0 Å². The van der Waals surface area contributed by atoms with Crippen LogP contribution < -0.4 is 0 Å². The lowest BCUT2D eigenvalue weighted by Crippen LogP contribution is -2.34. The molecule has 0 bridgehead atoms. The van der Waals surface area contributed by atoms with E-state index in [1.807, 2.05) is 0 Å². The molecule has 1 fully saturated rings. The lowest BCUT2D eigenvalue weighted by molar-refractivity contribution is 0.0465. The minimum absolute atomic E-state index is 0.307. The summed E-state index contributed by atoms with van der Waals surface area (Å²) in [7, 11) is -1.79. The van der Waals surface area contributed by atoms with Gasteiger partial charge >= 0.3 is 0 Å².